The molecular formula is C13H17NO3. The van der Waals surface area contributed by atoms with Crippen molar-refractivity contribution in [1.82, 2.24) is 5.32 Å². The molecule has 1 heterocycles. The van der Waals surface area contributed by atoms with E-state index in [9.17, 15) is 4.79 Å². The number of amides is 1. The monoisotopic (exact) mass is 235 g/mol. The summed E-state index contributed by atoms with van der Waals surface area (Å²) in [6, 6.07) is 5.70. The average molecular weight is 235 g/mol. The van der Waals surface area contributed by atoms with E-state index < -0.39 is 0 Å². The minimum absolute atomic E-state index is 0.00791. The van der Waals surface area contributed by atoms with Crippen LogP contribution in [0.15, 0.2) is 18.2 Å². The van der Waals surface area contributed by atoms with Gasteiger partial charge >= 0.3 is 0 Å². The van der Waals surface area contributed by atoms with Gasteiger partial charge in [-0.05, 0) is 24.6 Å². The van der Waals surface area contributed by atoms with Gasteiger partial charge in [-0.25, -0.2) is 0 Å². The maximum atomic E-state index is 11.6. The van der Waals surface area contributed by atoms with Crippen molar-refractivity contribution in [1.29, 1.82) is 0 Å². The van der Waals surface area contributed by atoms with Crippen molar-refractivity contribution in [2.75, 3.05) is 6.79 Å². The number of hydrogen-bond acceptors (Lipinski definition) is 3. The van der Waals surface area contributed by atoms with Gasteiger partial charge in [0.25, 0.3) is 0 Å². The van der Waals surface area contributed by atoms with Crippen LogP contribution in [0.5, 0.6) is 11.5 Å². The molecule has 0 radical (unpaired) electrons. The molecule has 1 aliphatic heterocycles. The summed E-state index contributed by atoms with van der Waals surface area (Å²) in [4.78, 5) is 11.6. The Morgan fingerprint density at radius 2 is 1.94 bits per heavy atom. The minimum atomic E-state index is -0.0283. The molecule has 2 rings (SSSR count). The first-order valence-electron chi connectivity index (χ1n) is 5.78. The predicted octanol–water partition coefficient (Wildman–Crippen LogP) is 2.25. The maximum Gasteiger partial charge on any atom is 0.231 e. The van der Waals surface area contributed by atoms with E-state index in [0.717, 1.165) is 17.1 Å². The van der Waals surface area contributed by atoms with Gasteiger partial charge in [0.05, 0.1) is 6.04 Å². The molecule has 1 aromatic rings. The van der Waals surface area contributed by atoms with Crippen LogP contribution in [0, 0.1) is 5.92 Å². The van der Waals surface area contributed by atoms with Gasteiger partial charge in [-0.3, -0.25) is 4.79 Å². The minimum Gasteiger partial charge on any atom is -0.454 e. The highest BCUT2D eigenvalue weighted by atomic mass is 16.7. The number of ether oxygens (including phenoxy) is 2. The van der Waals surface area contributed by atoms with Crippen LogP contribution in [0.2, 0.25) is 0 Å². The first kappa shape index (κ1) is 11.8. The van der Waals surface area contributed by atoms with E-state index in [1.807, 2.05) is 39.0 Å². The Balaban J connectivity index is 2.09. The van der Waals surface area contributed by atoms with Crippen molar-refractivity contribution in [3.63, 3.8) is 0 Å². The van der Waals surface area contributed by atoms with Gasteiger partial charge in [-0.1, -0.05) is 19.9 Å². The highest BCUT2D eigenvalue weighted by Gasteiger charge is 2.17. The molecule has 0 saturated carbocycles. The third-order valence-corrected chi connectivity index (χ3v) is 2.78. The standard InChI is InChI=1S/C13H17NO3/c1-8(2)13(15)14-9(3)10-4-5-11-12(6-10)17-7-16-11/h4-6,8-9H,7H2,1-3H3,(H,14,15). The molecule has 0 aromatic heterocycles. The van der Waals surface area contributed by atoms with Gasteiger partial charge in [0.1, 0.15) is 0 Å². The summed E-state index contributed by atoms with van der Waals surface area (Å²) in [6.07, 6.45) is 0. The number of benzene rings is 1. The largest absolute Gasteiger partial charge is 0.454 e. The molecule has 4 heteroatoms. The third kappa shape index (κ3) is 2.52. The van der Waals surface area contributed by atoms with Crippen molar-refractivity contribution >= 4 is 5.91 Å². The van der Waals surface area contributed by atoms with Gasteiger partial charge < -0.3 is 14.8 Å². The number of carbonyl (C=O) groups is 1. The predicted molar refractivity (Wildman–Crippen MR) is 64.0 cm³/mol. The van der Waals surface area contributed by atoms with Crippen LogP contribution >= 0.6 is 0 Å². The zero-order valence-electron chi connectivity index (χ0n) is 10.3. The van der Waals surface area contributed by atoms with E-state index >= 15 is 0 Å². The molecular weight excluding hydrogens is 218 g/mol. The highest BCUT2D eigenvalue weighted by Crippen LogP contribution is 2.34. The zero-order valence-corrected chi connectivity index (χ0v) is 10.3. The zero-order chi connectivity index (χ0) is 12.4. The Labute approximate surface area is 101 Å². The Morgan fingerprint density at radius 3 is 2.65 bits per heavy atom. The first-order valence-corrected chi connectivity index (χ1v) is 5.78. The Morgan fingerprint density at radius 1 is 1.24 bits per heavy atom. The number of nitrogens with one attached hydrogen (secondary N) is 1. The molecule has 92 valence electrons. The van der Waals surface area contributed by atoms with Crippen LogP contribution in [-0.2, 0) is 4.79 Å². The van der Waals surface area contributed by atoms with Crippen molar-refractivity contribution in [3.8, 4) is 11.5 Å². The molecule has 1 atom stereocenters. The van der Waals surface area contributed by atoms with Crippen molar-refractivity contribution in [2.45, 2.75) is 26.8 Å². The van der Waals surface area contributed by atoms with Crippen molar-refractivity contribution < 1.29 is 14.3 Å². The van der Waals surface area contributed by atoms with Gasteiger partial charge in [0.2, 0.25) is 12.7 Å². The number of hydrogen-bond donors (Lipinski definition) is 1. The lowest BCUT2D eigenvalue weighted by Gasteiger charge is -2.16. The van der Waals surface area contributed by atoms with E-state index in [2.05, 4.69) is 5.32 Å². The lowest BCUT2D eigenvalue weighted by Crippen LogP contribution is -2.30. The fourth-order valence-corrected chi connectivity index (χ4v) is 1.65. The molecule has 0 saturated heterocycles. The van der Waals surface area contributed by atoms with Crippen molar-refractivity contribution in [2.24, 2.45) is 5.92 Å². The molecule has 0 aliphatic carbocycles. The van der Waals surface area contributed by atoms with Crippen molar-refractivity contribution in [3.05, 3.63) is 23.8 Å². The second-order valence-electron chi connectivity index (χ2n) is 4.50. The summed E-state index contributed by atoms with van der Waals surface area (Å²) in [7, 11) is 0. The van der Waals surface area contributed by atoms with Crippen LogP contribution in [-0.4, -0.2) is 12.7 Å². The molecule has 0 fully saturated rings. The maximum absolute atomic E-state index is 11.6. The second kappa shape index (κ2) is 4.65. The van der Waals surface area contributed by atoms with E-state index in [4.69, 9.17) is 9.47 Å². The van der Waals surface area contributed by atoms with Gasteiger partial charge in [-0.2, -0.15) is 0 Å². The molecule has 1 aliphatic rings. The number of carbonyl (C=O) groups excluding carboxylic acids is 1. The molecule has 1 N–H and O–H groups in total. The first-order chi connectivity index (χ1) is 8.08. The Hall–Kier alpha value is -1.71. The van der Waals surface area contributed by atoms with E-state index in [1.54, 1.807) is 0 Å². The lowest BCUT2D eigenvalue weighted by atomic mass is 10.1. The number of fused-ring (bicyclic) bond motifs is 1. The quantitative estimate of drug-likeness (QED) is 0.874. The fourth-order valence-electron chi connectivity index (χ4n) is 1.65. The lowest BCUT2D eigenvalue weighted by molar-refractivity contribution is -0.124. The summed E-state index contributed by atoms with van der Waals surface area (Å²) in [5, 5.41) is 2.95. The normalized spacial score (nSPS) is 14.8. The molecule has 17 heavy (non-hydrogen) atoms. The molecule has 1 amide bonds. The second-order valence-corrected chi connectivity index (χ2v) is 4.50. The van der Waals surface area contributed by atoms with Gasteiger partial charge in [-0.15, -0.1) is 0 Å². The summed E-state index contributed by atoms with van der Waals surface area (Å²) in [5.74, 6) is 1.55. The average Bonchev–Trinajstić information content (AvgIpc) is 2.75. The SMILES string of the molecule is CC(C)C(=O)NC(C)c1ccc2c(c1)OCO2. The van der Waals surface area contributed by atoms with E-state index in [0.29, 0.717) is 0 Å². The Kier molecular flexibility index (Phi) is 3.22. The van der Waals surface area contributed by atoms with Gasteiger partial charge in [0.15, 0.2) is 11.5 Å². The van der Waals surface area contributed by atoms with E-state index in [1.165, 1.54) is 0 Å². The van der Waals surface area contributed by atoms with Gasteiger partial charge in [0, 0.05) is 5.92 Å². The van der Waals surface area contributed by atoms with Crippen LogP contribution in [0.4, 0.5) is 0 Å². The summed E-state index contributed by atoms with van der Waals surface area (Å²) < 4.78 is 10.5. The third-order valence-electron chi connectivity index (χ3n) is 2.78. The molecule has 0 spiro atoms. The van der Waals surface area contributed by atoms with E-state index in [-0.39, 0.29) is 24.7 Å². The summed E-state index contributed by atoms with van der Waals surface area (Å²) in [6.45, 7) is 5.98. The molecule has 1 unspecified atom stereocenters. The van der Waals surface area contributed by atoms with Crippen LogP contribution in [0.1, 0.15) is 32.4 Å². The van der Waals surface area contributed by atoms with Crippen LogP contribution < -0.4 is 14.8 Å². The summed E-state index contributed by atoms with van der Waals surface area (Å²) >= 11 is 0. The molecule has 4 nitrogen and oxygen atoms in total. The topological polar surface area (TPSA) is 47.6 Å². The van der Waals surface area contributed by atoms with Crippen LogP contribution in [0.3, 0.4) is 0 Å². The fraction of sp³-hybridized carbons (Fsp3) is 0.462. The molecule has 0 bridgehead atoms. The Bertz CT molecular complexity index is 429. The summed E-state index contributed by atoms with van der Waals surface area (Å²) in [5.41, 5.74) is 1.02. The highest BCUT2D eigenvalue weighted by molar-refractivity contribution is 5.78. The number of rotatable bonds is 3. The molecule has 1 aromatic carbocycles. The van der Waals surface area contributed by atoms with Crippen LogP contribution in [0.25, 0.3) is 0 Å². The smallest absolute Gasteiger partial charge is 0.231 e.